The molecule has 0 amide bonds. The van der Waals surface area contributed by atoms with Gasteiger partial charge in [-0.15, -0.1) is 0 Å². The molecule has 0 aromatic heterocycles. The fourth-order valence-corrected chi connectivity index (χ4v) is 4.38. The van der Waals surface area contributed by atoms with E-state index in [0.29, 0.717) is 6.04 Å². The third-order valence-electron chi connectivity index (χ3n) is 5.75. The first-order valence-corrected chi connectivity index (χ1v) is 10.8. The molecule has 3 aromatic rings. The third kappa shape index (κ3) is 5.39. The normalized spacial score (nSPS) is 16.4. The van der Waals surface area contributed by atoms with Gasteiger partial charge < -0.3 is 11.1 Å². The molecule has 0 saturated carbocycles. The highest BCUT2D eigenvalue weighted by atomic mass is 35.5. The lowest BCUT2D eigenvalue weighted by Crippen LogP contribution is -2.44. The van der Waals surface area contributed by atoms with Crippen molar-refractivity contribution in [3.63, 3.8) is 0 Å². The molecule has 1 atom stereocenters. The third-order valence-corrected chi connectivity index (χ3v) is 5.99. The summed E-state index contributed by atoms with van der Waals surface area (Å²) in [4.78, 5) is 2.52. The summed E-state index contributed by atoms with van der Waals surface area (Å²) < 4.78 is 13.3. The lowest BCUT2D eigenvalue weighted by molar-refractivity contribution is 0.170. The maximum atomic E-state index is 13.3. The number of halogens is 2. The monoisotopic (exact) mass is 423 g/mol. The standard InChI is InChI=1S/C25H27ClFN3/c26-22-7-6-20-17-30(11-10-29-16-19-2-1-3-24(28)12-19)25(15-21(20)14-22)13-18-4-8-23(27)9-5-18/h1-9,12,14,25,29H,10-11,13,15-17,28H2. The molecule has 1 heterocycles. The van der Waals surface area contributed by atoms with E-state index in [2.05, 4.69) is 28.4 Å². The number of nitrogens with one attached hydrogen (secondary N) is 1. The van der Waals surface area contributed by atoms with Gasteiger partial charge in [0, 0.05) is 42.9 Å². The number of nitrogens with zero attached hydrogens (tertiary/aromatic N) is 1. The number of fused-ring (bicyclic) bond motifs is 1. The van der Waals surface area contributed by atoms with Gasteiger partial charge in [0.15, 0.2) is 0 Å². The van der Waals surface area contributed by atoms with E-state index in [0.717, 1.165) is 55.3 Å². The van der Waals surface area contributed by atoms with Crippen molar-refractivity contribution in [2.45, 2.75) is 32.0 Å². The Labute approximate surface area is 182 Å². The quantitative estimate of drug-likeness (QED) is 0.423. The van der Waals surface area contributed by atoms with Crippen LogP contribution in [0.25, 0.3) is 0 Å². The zero-order chi connectivity index (χ0) is 20.9. The van der Waals surface area contributed by atoms with Crippen LogP contribution in [0.2, 0.25) is 5.02 Å². The van der Waals surface area contributed by atoms with E-state index in [1.54, 1.807) is 12.1 Å². The molecule has 0 fully saturated rings. The van der Waals surface area contributed by atoms with E-state index in [1.807, 2.05) is 36.4 Å². The van der Waals surface area contributed by atoms with E-state index >= 15 is 0 Å². The maximum Gasteiger partial charge on any atom is 0.123 e. The summed E-state index contributed by atoms with van der Waals surface area (Å²) in [5, 5.41) is 4.32. The molecule has 0 radical (unpaired) electrons. The van der Waals surface area contributed by atoms with Gasteiger partial charge in [-0.05, 0) is 71.5 Å². The van der Waals surface area contributed by atoms with Gasteiger partial charge in [-0.3, -0.25) is 4.90 Å². The SMILES string of the molecule is Nc1cccc(CNCCN2Cc3ccc(Cl)cc3CC2Cc2ccc(F)cc2)c1. The van der Waals surface area contributed by atoms with Crippen molar-refractivity contribution in [2.24, 2.45) is 0 Å². The molecule has 156 valence electrons. The molecule has 30 heavy (non-hydrogen) atoms. The van der Waals surface area contributed by atoms with Gasteiger partial charge in [0.05, 0.1) is 0 Å². The summed E-state index contributed by atoms with van der Waals surface area (Å²) in [5.41, 5.74) is 11.7. The highest BCUT2D eigenvalue weighted by Crippen LogP contribution is 2.27. The Morgan fingerprint density at radius 3 is 2.63 bits per heavy atom. The fraction of sp³-hybridized carbons (Fsp3) is 0.280. The number of hydrogen-bond donors (Lipinski definition) is 2. The molecule has 3 nitrogen and oxygen atoms in total. The minimum absolute atomic E-state index is 0.192. The number of anilines is 1. The van der Waals surface area contributed by atoms with Gasteiger partial charge >= 0.3 is 0 Å². The maximum absolute atomic E-state index is 13.3. The number of hydrogen-bond acceptors (Lipinski definition) is 3. The average molecular weight is 424 g/mol. The molecular formula is C25H27ClFN3. The first-order valence-electron chi connectivity index (χ1n) is 10.4. The summed E-state index contributed by atoms with van der Waals surface area (Å²) >= 11 is 6.24. The van der Waals surface area contributed by atoms with Crippen LogP contribution in [0.15, 0.2) is 66.7 Å². The predicted octanol–water partition coefficient (Wildman–Crippen LogP) is 4.82. The zero-order valence-electron chi connectivity index (χ0n) is 17.0. The van der Waals surface area contributed by atoms with E-state index in [9.17, 15) is 4.39 Å². The van der Waals surface area contributed by atoms with Gasteiger partial charge in [-0.25, -0.2) is 4.39 Å². The molecule has 3 N–H and O–H groups in total. The number of nitrogens with two attached hydrogens (primary N) is 1. The zero-order valence-corrected chi connectivity index (χ0v) is 17.7. The minimum atomic E-state index is -0.192. The van der Waals surface area contributed by atoms with E-state index < -0.39 is 0 Å². The molecule has 1 aliphatic rings. The summed E-state index contributed by atoms with van der Waals surface area (Å²) in [7, 11) is 0. The first-order chi connectivity index (χ1) is 14.6. The highest BCUT2D eigenvalue weighted by molar-refractivity contribution is 6.30. The van der Waals surface area contributed by atoms with Gasteiger partial charge in [0.1, 0.15) is 5.82 Å². The molecule has 0 saturated heterocycles. The van der Waals surface area contributed by atoms with Crippen molar-refractivity contribution < 1.29 is 4.39 Å². The molecule has 0 aliphatic carbocycles. The van der Waals surface area contributed by atoms with Gasteiger partial charge in [-0.2, -0.15) is 0 Å². The van der Waals surface area contributed by atoms with Gasteiger partial charge in [0.2, 0.25) is 0 Å². The Hall–Kier alpha value is -2.40. The van der Waals surface area contributed by atoms with Crippen molar-refractivity contribution in [3.05, 3.63) is 99.8 Å². The second-order valence-corrected chi connectivity index (χ2v) is 8.43. The number of rotatable bonds is 7. The summed E-state index contributed by atoms with van der Waals surface area (Å²) in [5.74, 6) is -0.192. The molecule has 1 unspecified atom stereocenters. The van der Waals surface area contributed by atoms with Gasteiger partial charge in [-0.1, -0.05) is 41.9 Å². The number of benzene rings is 3. The van der Waals surface area contributed by atoms with Crippen LogP contribution in [0.4, 0.5) is 10.1 Å². The van der Waals surface area contributed by atoms with Crippen molar-refractivity contribution in [1.29, 1.82) is 0 Å². The van der Waals surface area contributed by atoms with Crippen molar-refractivity contribution >= 4 is 17.3 Å². The lowest BCUT2D eigenvalue weighted by atomic mass is 9.90. The van der Waals surface area contributed by atoms with Crippen LogP contribution in [-0.2, 0) is 25.9 Å². The molecule has 0 bridgehead atoms. The highest BCUT2D eigenvalue weighted by Gasteiger charge is 2.26. The van der Waals surface area contributed by atoms with Crippen molar-refractivity contribution in [2.75, 3.05) is 18.8 Å². The molecule has 0 spiro atoms. The molecule has 5 heteroatoms. The lowest BCUT2D eigenvalue weighted by Gasteiger charge is -2.37. The minimum Gasteiger partial charge on any atom is -0.399 e. The first kappa shape index (κ1) is 20.9. The van der Waals surface area contributed by atoms with Crippen LogP contribution in [0, 0.1) is 5.82 Å². The summed E-state index contributed by atoms with van der Waals surface area (Å²) in [6.45, 7) is 3.53. The smallest absolute Gasteiger partial charge is 0.123 e. The van der Waals surface area contributed by atoms with Crippen molar-refractivity contribution in [1.82, 2.24) is 10.2 Å². The average Bonchev–Trinajstić information content (AvgIpc) is 2.73. The Bertz CT molecular complexity index is 990. The van der Waals surface area contributed by atoms with Crippen LogP contribution in [0.3, 0.4) is 0 Å². The van der Waals surface area contributed by atoms with Crippen LogP contribution < -0.4 is 11.1 Å². The molecule has 3 aromatic carbocycles. The Morgan fingerprint density at radius 2 is 1.83 bits per heavy atom. The summed E-state index contributed by atoms with van der Waals surface area (Å²) in [6.07, 6.45) is 1.84. The fourth-order valence-electron chi connectivity index (χ4n) is 4.18. The second kappa shape index (κ2) is 9.61. The van der Waals surface area contributed by atoms with Gasteiger partial charge in [0.25, 0.3) is 0 Å². The van der Waals surface area contributed by atoms with Crippen LogP contribution in [-0.4, -0.2) is 24.0 Å². The molecule has 4 rings (SSSR count). The summed E-state index contributed by atoms with van der Waals surface area (Å²) in [6, 6.07) is 21.4. The topological polar surface area (TPSA) is 41.3 Å². The van der Waals surface area contributed by atoms with E-state index in [1.165, 1.54) is 16.7 Å². The predicted molar refractivity (Wildman–Crippen MR) is 122 cm³/mol. The number of nitrogen functional groups attached to an aromatic ring is 1. The van der Waals surface area contributed by atoms with Crippen LogP contribution >= 0.6 is 11.6 Å². The van der Waals surface area contributed by atoms with Crippen LogP contribution in [0.5, 0.6) is 0 Å². The molecular weight excluding hydrogens is 397 g/mol. The Morgan fingerprint density at radius 1 is 1.00 bits per heavy atom. The van der Waals surface area contributed by atoms with E-state index in [4.69, 9.17) is 17.3 Å². The van der Waals surface area contributed by atoms with Crippen molar-refractivity contribution in [3.8, 4) is 0 Å². The second-order valence-electron chi connectivity index (χ2n) is 7.99. The van der Waals surface area contributed by atoms with E-state index in [-0.39, 0.29) is 5.82 Å². The Balaban J connectivity index is 1.42. The largest absolute Gasteiger partial charge is 0.399 e. The Kier molecular flexibility index (Phi) is 6.68. The van der Waals surface area contributed by atoms with Crippen LogP contribution in [0.1, 0.15) is 22.3 Å². The molecule has 1 aliphatic heterocycles.